The minimum atomic E-state index is -0.535. The monoisotopic (exact) mass is 541 g/mol. The zero-order valence-corrected chi connectivity index (χ0v) is 23.1. The van der Waals surface area contributed by atoms with Gasteiger partial charge in [-0.2, -0.15) is 5.10 Å². The van der Waals surface area contributed by atoms with Gasteiger partial charge in [-0.3, -0.25) is 9.59 Å². The molecule has 0 aliphatic carbocycles. The number of hydrogen-bond acceptors (Lipinski definition) is 5. The molecule has 0 saturated carbocycles. The summed E-state index contributed by atoms with van der Waals surface area (Å²) in [7, 11) is 0. The zero-order chi connectivity index (χ0) is 27.4. The Bertz CT molecular complexity index is 1020. The van der Waals surface area contributed by atoms with Crippen molar-refractivity contribution in [3.05, 3.63) is 64.7 Å². The van der Waals surface area contributed by atoms with E-state index >= 15 is 0 Å². The quantitative estimate of drug-likeness (QED) is 0.0710. The van der Waals surface area contributed by atoms with Crippen LogP contribution in [-0.2, 0) is 9.59 Å². The Morgan fingerprint density at radius 3 is 2.08 bits per heavy atom. The predicted molar refractivity (Wildman–Crippen MR) is 153 cm³/mol. The molecule has 0 aliphatic rings. The number of amides is 2. The maximum Gasteiger partial charge on any atom is 0.343 e. The number of nitrogens with one attached hydrogen (secondary N) is 2. The van der Waals surface area contributed by atoms with Crippen LogP contribution in [0.1, 0.15) is 99.9 Å². The van der Waals surface area contributed by atoms with E-state index in [1.165, 1.54) is 57.6 Å². The van der Waals surface area contributed by atoms with E-state index in [1.54, 1.807) is 48.5 Å². The Hall–Kier alpha value is -3.19. The summed E-state index contributed by atoms with van der Waals surface area (Å²) in [5.41, 5.74) is 3.25. The first-order chi connectivity index (χ1) is 18.5. The molecule has 0 bridgehead atoms. The van der Waals surface area contributed by atoms with Crippen LogP contribution in [0.2, 0.25) is 5.02 Å². The van der Waals surface area contributed by atoms with Gasteiger partial charge in [-0.25, -0.2) is 10.2 Å². The number of nitrogens with zero attached hydrogens (tertiary/aromatic N) is 1. The Kier molecular flexibility index (Phi) is 15.5. The van der Waals surface area contributed by atoms with Gasteiger partial charge >= 0.3 is 5.97 Å². The molecule has 8 heteroatoms. The first-order valence-corrected chi connectivity index (χ1v) is 14.0. The van der Waals surface area contributed by atoms with Gasteiger partial charge in [0.2, 0.25) is 5.91 Å². The molecule has 0 fully saturated rings. The standard InChI is InChI=1S/C30H40ClN3O4/c1-2-3-4-5-6-7-8-9-10-11-12-17-28(35)32-23-29(36)34-33-22-25-15-13-14-16-27(25)38-30(37)24-18-20-26(31)21-19-24/h13-16,18-22H,2-12,17,23H2,1H3,(H,32,35)(H,34,36)/b33-22+. The molecule has 0 atom stereocenters. The highest BCUT2D eigenvalue weighted by atomic mass is 35.5. The highest BCUT2D eigenvalue weighted by Gasteiger charge is 2.11. The molecule has 2 aromatic carbocycles. The van der Waals surface area contributed by atoms with Gasteiger partial charge in [0.25, 0.3) is 5.91 Å². The van der Waals surface area contributed by atoms with Gasteiger partial charge < -0.3 is 10.1 Å². The molecule has 0 spiro atoms. The lowest BCUT2D eigenvalue weighted by Gasteiger charge is -2.07. The van der Waals surface area contributed by atoms with Crippen molar-refractivity contribution in [1.29, 1.82) is 0 Å². The van der Waals surface area contributed by atoms with Gasteiger partial charge in [0.05, 0.1) is 18.3 Å². The van der Waals surface area contributed by atoms with Gasteiger partial charge in [-0.1, -0.05) is 94.9 Å². The smallest absolute Gasteiger partial charge is 0.343 e. The number of para-hydroxylation sites is 1. The van der Waals surface area contributed by atoms with E-state index in [9.17, 15) is 14.4 Å². The lowest BCUT2D eigenvalue weighted by atomic mass is 10.1. The van der Waals surface area contributed by atoms with Gasteiger partial charge in [0.15, 0.2) is 0 Å². The minimum absolute atomic E-state index is 0.139. The second-order valence-corrected chi connectivity index (χ2v) is 9.73. The third kappa shape index (κ3) is 13.4. The summed E-state index contributed by atoms with van der Waals surface area (Å²) in [5, 5.41) is 7.06. The van der Waals surface area contributed by atoms with Crippen molar-refractivity contribution >= 4 is 35.6 Å². The average molecular weight is 542 g/mol. The fourth-order valence-electron chi connectivity index (χ4n) is 3.86. The van der Waals surface area contributed by atoms with Crippen molar-refractivity contribution in [2.75, 3.05) is 6.54 Å². The van der Waals surface area contributed by atoms with Gasteiger partial charge in [0, 0.05) is 17.0 Å². The highest BCUT2D eigenvalue weighted by Crippen LogP contribution is 2.18. The molecule has 2 N–H and O–H groups in total. The van der Waals surface area contributed by atoms with Crippen LogP contribution in [0.5, 0.6) is 5.75 Å². The van der Waals surface area contributed by atoms with Crippen LogP contribution in [0, 0.1) is 0 Å². The Morgan fingerprint density at radius 1 is 0.816 bits per heavy atom. The molecular formula is C30H40ClN3O4. The van der Waals surface area contributed by atoms with Gasteiger partial charge in [-0.05, 0) is 42.8 Å². The van der Waals surface area contributed by atoms with Crippen molar-refractivity contribution in [2.24, 2.45) is 5.10 Å². The molecule has 0 aromatic heterocycles. The zero-order valence-electron chi connectivity index (χ0n) is 22.3. The summed E-state index contributed by atoms with van der Waals surface area (Å²) in [6.07, 6.45) is 15.3. The molecule has 2 aromatic rings. The topological polar surface area (TPSA) is 96.9 Å². The lowest BCUT2D eigenvalue weighted by Crippen LogP contribution is -2.34. The number of esters is 1. The molecule has 0 aliphatic heterocycles. The van der Waals surface area contributed by atoms with E-state index in [4.69, 9.17) is 16.3 Å². The maximum absolute atomic E-state index is 12.4. The van der Waals surface area contributed by atoms with Crippen LogP contribution < -0.4 is 15.5 Å². The molecule has 0 radical (unpaired) electrons. The summed E-state index contributed by atoms with van der Waals surface area (Å²) >= 11 is 5.86. The van der Waals surface area contributed by atoms with Crippen LogP contribution in [0.25, 0.3) is 0 Å². The van der Waals surface area contributed by atoms with Crippen LogP contribution in [0.15, 0.2) is 53.6 Å². The first-order valence-electron chi connectivity index (χ1n) is 13.6. The summed E-state index contributed by atoms with van der Waals surface area (Å²) < 4.78 is 5.46. The molecular weight excluding hydrogens is 502 g/mol. The lowest BCUT2D eigenvalue weighted by molar-refractivity contribution is -0.126. The van der Waals surface area contributed by atoms with E-state index in [-0.39, 0.29) is 12.5 Å². The second-order valence-electron chi connectivity index (χ2n) is 9.29. The molecule has 0 heterocycles. The third-order valence-corrected chi connectivity index (χ3v) is 6.30. The molecule has 2 amide bonds. The summed E-state index contributed by atoms with van der Waals surface area (Å²) in [4.78, 5) is 36.4. The number of benzene rings is 2. The number of hydrogen-bond donors (Lipinski definition) is 2. The minimum Gasteiger partial charge on any atom is -0.422 e. The Labute approximate surface area is 231 Å². The van der Waals surface area contributed by atoms with Crippen molar-refractivity contribution in [3.63, 3.8) is 0 Å². The van der Waals surface area contributed by atoms with Crippen molar-refractivity contribution in [1.82, 2.24) is 10.7 Å². The normalized spacial score (nSPS) is 10.9. The number of unbranched alkanes of at least 4 members (excludes halogenated alkanes) is 10. The maximum atomic E-state index is 12.4. The van der Waals surface area contributed by atoms with Crippen molar-refractivity contribution in [3.8, 4) is 5.75 Å². The molecule has 2 rings (SSSR count). The summed E-state index contributed by atoms with van der Waals surface area (Å²) in [5.74, 6) is -0.818. The van der Waals surface area contributed by atoms with E-state index < -0.39 is 11.9 Å². The molecule has 0 saturated heterocycles. The molecule has 7 nitrogen and oxygen atoms in total. The SMILES string of the molecule is CCCCCCCCCCCCCC(=O)NCC(=O)N/N=C/c1ccccc1OC(=O)c1ccc(Cl)cc1. The summed E-state index contributed by atoms with van der Waals surface area (Å²) in [6, 6.07) is 13.2. The summed E-state index contributed by atoms with van der Waals surface area (Å²) in [6.45, 7) is 2.08. The number of halogens is 1. The van der Waals surface area contributed by atoms with Gasteiger partial charge in [-0.15, -0.1) is 0 Å². The third-order valence-electron chi connectivity index (χ3n) is 6.05. The Morgan fingerprint density at radius 2 is 1.42 bits per heavy atom. The number of carbonyl (C=O) groups excluding carboxylic acids is 3. The fraction of sp³-hybridized carbons (Fsp3) is 0.467. The molecule has 0 unspecified atom stereocenters. The van der Waals surface area contributed by atoms with Crippen LogP contribution >= 0.6 is 11.6 Å². The van der Waals surface area contributed by atoms with Crippen molar-refractivity contribution < 1.29 is 19.1 Å². The van der Waals surface area contributed by atoms with E-state index in [2.05, 4.69) is 22.8 Å². The molecule has 206 valence electrons. The Balaban J connectivity index is 1.60. The number of hydrazone groups is 1. The van der Waals surface area contributed by atoms with Crippen LogP contribution in [-0.4, -0.2) is 30.5 Å². The largest absolute Gasteiger partial charge is 0.422 e. The van der Waals surface area contributed by atoms with Crippen LogP contribution in [0.3, 0.4) is 0 Å². The van der Waals surface area contributed by atoms with Crippen molar-refractivity contribution in [2.45, 2.75) is 84.0 Å². The van der Waals surface area contributed by atoms with E-state index in [0.717, 1.165) is 19.3 Å². The predicted octanol–water partition coefficient (Wildman–Crippen LogP) is 6.83. The first kappa shape index (κ1) is 31.0. The highest BCUT2D eigenvalue weighted by molar-refractivity contribution is 6.30. The fourth-order valence-corrected chi connectivity index (χ4v) is 3.98. The second kappa shape index (κ2) is 19.0. The van der Waals surface area contributed by atoms with Gasteiger partial charge in [0.1, 0.15) is 5.75 Å². The number of ether oxygens (including phenoxy) is 1. The van der Waals surface area contributed by atoms with E-state index in [0.29, 0.717) is 28.3 Å². The number of rotatable bonds is 18. The average Bonchev–Trinajstić information content (AvgIpc) is 2.92. The van der Waals surface area contributed by atoms with Crippen LogP contribution in [0.4, 0.5) is 0 Å². The van der Waals surface area contributed by atoms with E-state index in [1.807, 2.05) is 0 Å². The number of carbonyl (C=O) groups is 3. The molecule has 38 heavy (non-hydrogen) atoms.